The first kappa shape index (κ1) is 14.9. The molecule has 2 saturated heterocycles. The van der Waals surface area contributed by atoms with Crippen molar-refractivity contribution in [2.75, 3.05) is 19.6 Å². The summed E-state index contributed by atoms with van der Waals surface area (Å²) < 4.78 is 0. The molecule has 2 aromatic rings. The molecule has 1 aromatic heterocycles. The second-order valence-electron chi connectivity index (χ2n) is 6.53. The van der Waals surface area contributed by atoms with Gasteiger partial charge in [0.05, 0.1) is 5.56 Å². The fraction of sp³-hybridized carbons (Fsp3) is 0.389. The van der Waals surface area contributed by atoms with Crippen LogP contribution in [0.5, 0.6) is 0 Å². The molecule has 2 aliphatic heterocycles. The molecule has 0 radical (unpaired) electrons. The number of carbonyl (C=O) groups excluding carboxylic acids is 2. The zero-order valence-corrected chi connectivity index (χ0v) is 13.5. The number of benzene rings is 1. The molecule has 0 spiro atoms. The molecule has 2 aliphatic rings. The zero-order valence-electron chi connectivity index (χ0n) is 13.5. The van der Waals surface area contributed by atoms with Crippen LogP contribution in [0, 0.1) is 6.92 Å². The van der Waals surface area contributed by atoms with Gasteiger partial charge in [0.1, 0.15) is 0 Å². The Morgan fingerprint density at radius 1 is 1.21 bits per heavy atom. The molecule has 1 atom stereocenters. The number of carbonyl (C=O) groups is 2. The molecule has 6 nitrogen and oxygen atoms in total. The predicted octanol–water partition coefficient (Wildman–Crippen LogP) is 1.28. The molecule has 4 rings (SSSR count). The van der Waals surface area contributed by atoms with E-state index in [0.29, 0.717) is 42.7 Å². The van der Waals surface area contributed by atoms with Crippen molar-refractivity contribution in [2.24, 2.45) is 0 Å². The third-order valence-corrected chi connectivity index (χ3v) is 5.16. The Kier molecular flexibility index (Phi) is 3.40. The molecule has 0 aliphatic carbocycles. The fourth-order valence-corrected chi connectivity index (χ4v) is 3.82. The molecule has 2 fully saturated rings. The molecular formula is C18H19N3O3. The van der Waals surface area contributed by atoms with Crippen molar-refractivity contribution in [1.82, 2.24) is 14.8 Å². The van der Waals surface area contributed by atoms with Gasteiger partial charge in [-0.1, -0.05) is 18.2 Å². The van der Waals surface area contributed by atoms with Crippen LogP contribution >= 0.6 is 0 Å². The van der Waals surface area contributed by atoms with Crippen LogP contribution in [0.4, 0.5) is 0 Å². The summed E-state index contributed by atoms with van der Waals surface area (Å²) in [5.41, 5.74) is 1.37. The normalized spacial score (nSPS) is 20.5. The van der Waals surface area contributed by atoms with Gasteiger partial charge in [0, 0.05) is 48.6 Å². The summed E-state index contributed by atoms with van der Waals surface area (Å²) in [7, 11) is 0. The van der Waals surface area contributed by atoms with Gasteiger partial charge < -0.3 is 14.8 Å². The molecule has 0 bridgehead atoms. The van der Waals surface area contributed by atoms with Crippen molar-refractivity contribution in [3.05, 3.63) is 45.7 Å². The number of nitrogens with zero attached hydrogens (tertiary/aromatic N) is 2. The minimum Gasteiger partial charge on any atom is -0.336 e. The summed E-state index contributed by atoms with van der Waals surface area (Å²) in [5.74, 6) is 0.0682. The van der Waals surface area contributed by atoms with E-state index in [2.05, 4.69) is 4.98 Å². The molecule has 1 unspecified atom stereocenters. The van der Waals surface area contributed by atoms with Crippen molar-refractivity contribution in [3.8, 4) is 0 Å². The van der Waals surface area contributed by atoms with E-state index >= 15 is 0 Å². The largest absolute Gasteiger partial charge is 0.336 e. The van der Waals surface area contributed by atoms with E-state index < -0.39 is 0 Å². The summed E-state index contributed by atoms with van der Waals surface area (Å²) in [6, 6.07) is 7.49. The maximum atomic E-state index is 13.1. The summed E-state index contributed by atoms with van der Waals surface area (Å²) in [5, 5.41) is 0.768. The average molecular weight is 325 g/mol. The van der Waals surface area contributed by atoms with Gasteiger partial charge in [-0.2, -0.15) is 0 Å². The van der Waals surface area contributed by atoms with E-state index in [4.69, 9.17) is 0 Å². The number of para-hydroxylation sites is 1. The number of fused-ring (bicyclic) bond motifs is 2. The van der Waals surface area contributed by atoms with E-state index in [1.54, 1.807) is 17.9 Å². The van der Waals surface area contributed by atoms with Crippen LogP contribution in [0.25, 0.3) is 10.9 Å². The lowest BCUT2D eigenvalue weighted by atomic mass is 10.0. The van der Waals surface area contributed by atoms with Crippen molar-refractivity contribution in [3.63, 3.8) is 0 Å². The van der Waals surface area contributed by atoms with Gasteiger partial charge in [-0.3, -0.25) is 14.4 Å². The van der Waals surface area contributed by atoms with E-state index in [1.165, 1.54) is 0 Å². The van der Waals surface area contributed by atoms with Crippen molar-refractivity contribution in [1.29, 1.82) is 0 Å². The predicted molar refractivity (Wildman–Crippen MR) is 89.9 cm³/mol. The Balaban J connectivity index is 1.73. The molecule has 3 heterocycles. The maximum Gasteiger partial charge on any atom is 0.255 e. The Hall–Kier alpha value is -2.63. The minimum atomic E-state index is -0.230. The van der Waals surface area contributed by atoms with Crippen LogP contribution in [0.15, 0.2) is 29.1 Å². The summed E-state index contributed by atoms with van der Waals surface area (Å²) in [6.07, 6.45) is 1.37. The van der Waals surface area contributed by atoms with Gasteiger partial charge in [-0.25, -0.2) is 0 Å². The van der Waals surface area contributed by atoms with E-state index in [0.717, 1.165) is 11.8 Å². The number of pyridine rings is 1. The Bertz CT molecular complexity index is 902. The maximum absolute atomic E-state index is 13.1. The lowest BCUT2D eigenvalue weighted by molar-refractivity contribution is -0.130. The van der Waals surface area contributed by atoms with Gasteiger partial charge in [0.25, 0.3) is 11.5 Å². The Labute approximate surface area is 139 Å². The first-order chi connectivity index (χ1) is 11.6. The summed E-state index contributed by atoms with van der Waals surface area (Å²) in [6.45, 7) is 3.33. The Morgan fingerprint density at radius 2 is 2.00 bits per heavy atom. The first-order valence-corrected chi connectivity index (χ1v) is 8.26. The topological polar surface area (TPSA) is 73.5 Å². The van der Waals surface area contributed by atoms with Gasteiger partial charge >= 0.3 is 0 Å². The number of hydrogen-bond donors (Lipinski definition) is 1. The van der Waals surface area contributed by atoms with Crippen molar-refractivity contribution >= 4 is 22.7 Å². The van der Waals surface area contributed by atoms with Crippen LogP contribution in [0.1, 0.15) is 28.8 Å². The molecule has 0 saturated carbocycles. The molecule has 124 valence electrons. The lowest BCUT2D eigenvalue weighted by Crippen LogP contribution is -2.53. The lowest BCUT2D eigenvalue weighted by Gasteiger charge is -2.37. The molecule has 1 N–H and O–H groups in total. The minimum absolute atomic E-state index is 0.115. The smallest absolute Gasteiger partial charge is 0.255 e. The number of H-pyrrole nitrogens is 1. The number of piperazine rings is 1. The van der Waals surface area contributed by atoms with Crippen LogP contribution < -0.4 is 5.56 Å². The zero-order chi connectivity index (χ0) is 16.8. The molecule has 1 aromatic carbocycles. The highest BCUT2D eigenvalue weighted by Gasteiger charge is 2.37. The van der Waals surface area contributed by atoms with Crippen molar-refractivity contribution in [2.45, 2.75) is 25.8 Å². The highest BCUT2D eigenvalue weighted by molar-refractivity contribution is 6.07. The third-order valence-electron chi connectivity index (χ3n) is 5.16. The highest BCUT2D eigenvalue weighted by Crippen LogP contribution is 2.25. The number of nitrogens with one attached hydrogen (secondary N) is 1. The number of rotatable bonds is 1. The standard InChI is InChI=1S/C18H19N3O3/c1-11-16(13-4-2-3-5-14(13)19-17(11)23)18(24)20-8-9-21-12(10-20)6-7-15(21)22/h2-5,12H,6-10H2,1H3,(H,19,23). The quantitative estimate of drug-likeness (QED) is 0.858. The number of amides is 2. The molecular weight excluding hydrogens is 306 g/mol. The van der Waals surface area contributed by atoms with Crippen LogP contribution in [0.2, 0.25) is 0 Å². The third kappa shape index (κ3) is 2.21. The highest BCUT2D eigenvalue weighted by atomic mass is 16.2. The number of aromatic amines is 1. The molecule has 6 heteroatoms. The van der Waals surface area contributed by atoms with Crippen molar-refractivity contribution < 1.29 is 9.59 Å². The SMILES string of the molecule is Cc1c(C(=O)N2CCN3C(=O)CCC3C2)c2ccccc2[nH]c1=O. The average Bonchev–Trinajstić information content (AvgIpc) is 2.96. The van der Waals surface area contributed by atoms with Gasteiger partial charge in [0.15, 0.2) is 0 Å². The first-order valence-electron chi connectivity index (χ1n) is 8.26. The Morgan fingerprint density at radius 3 is 2.83 bits per heavy atom. The number of aromatic nitrogens is 1. The second-order valence-corrected chi connectivity index (χ2v) is 6.53. The van der Waals surface area contributed by atoms with Gasteiger partial charge in [0.2, 0.25) is 5.91 Å². The molecule has 24 heavy (non-hydrogen) atoms. The van der Waals surface area contributed by atoms with Gasteiger partial charge in [-0.15, -0.1) is 0 Å². The monoisotopic (exact) mass is 325 g/mol. The van der Waals surface area contributed by atoms with E-state index in [-0.39, 0.29) is 23.4 Å². The van der Waals surface area contributed by atoms with E-state index in [1.807, 2.05) is 23.1 Å². The van der Waals surface area contributed by atoms with Crippen LogP contribution in [-0.2, 0) is 4.79 Å². The summed E-state index contributed by atoms with van der Waals surface area (Å²) in [4.78, 5) is 43.6. The van der Waals surface area contributed by atoms with Crippen LogP contribution in [0.3, 0.4) is 0 Å². The molecule has 2 amide bonds. The summed E-state index contributed by atoms with van der Waals surface area (Å²) >= 11 is 0. The second kappa shape index (κ2) is 5.47. The van der Waals surface area contributed by atoms with Crippen LogP contribution in [-0.4, -0.2) is 52.3 Å². The number of hydrogen-bond acceptors (Lipinski definition) is 3. The van der Waals surface area contributed by atoms with Gasteiger partial charge in [-0.05, 0) is 19.4 Å². The fourth-order valence-electron chi connectivity index (χ4n) is 3.82. The van der Waals surface area contributed by atoms with E-state index in [9.17, 15) is 14.4 Å².